The highest BCUT2D eigenvalue weighted by Gasteiger charge is 2.37. The van der Waals surface area contributed by atoms with Gasteiger partial charge >= 0.3 is 5.97 Å². The summed E-state index contributed by atoms with van der Waals surface area (Å²) in [6.07, 6.45) is 1.73. The SMILES string of the molecule is O=C(O)C1CCCCN1S(=O)(=O)c1cccc(Cl)c1. The lowest BCUT2D eigenvalue weighted by atomic mass is 10.1. The summed E-state index contributed by atoms with van der Waals surface area (Å²) >= 11 is 5.79. The first kappa shape index (κ1) is 14.3. The molecule has 7 heteroatoms. The maximum absolute atomic E-state index is 12.5. The minimum Gasteiger partial charge on any atom is -0.480 e. The second-order valence-corrected chi connectivity index (χ2v) is 6.75. The fourth-order valence-electron chi connectivity index (χ4n) is 2.20. The lowest BCUT2D eigenvalue weighted by Gasteiger charge is -2.31. The molecule has 1 atom stereocenters. The lowest BCUT2D eigenvalue weighted by Crippen LogP contribution is -2.47. The first-order valence-corrected chi connectivity index (χ1v) is 7.75. The molecule has 1 aliphatic heterocycles. The van der Waals surface area contributed by atoms with Gasteiger partial charge in [-0.15, -0.1) is 0 Å². The molecule has 104 valence electrons. The zero-order valence-corrected chi connectivity index (χ0v) is 11.7. The van der Waals surface area contributed by atoms with Crippen LogP contribution in [0.4, 0.5) is 0 Å². The Labute approximate surface area is 116 Å². The lowest BCUT2D eigenvalue weighted by molar-refractivity contribution is -0.142. The number of halogens is 1. The maximum Gasteiger partial charge on any atom is 0.322 e. The number of hydrogen-bond donors (Lipinski definition) is 1. The summed E-state index contributed by atoms with van der Waals surface area (Å²) in [5, 5.41) is 9.45. The van der Waals surface area contributed by atoms with Crippen molar-refractivity contribution >= 4 is 27.6 Å². The van der Waals surface area contributed by atoms with Crippen LogP contribution in [0.1, 0.15) is 19.3 Å². The highest BCUT2D eigenvalue weighted by atomic mass is 35.5. The Morgan fingerprint density at radius 3 is 2.74 bits per heavy atom. The Morgan fingerprint density at radius 1 is 1.37 bits per heavy atom. The van der Waals surface area contributed by atoms with Gasteiger partial charge in [-0.2, -0.15) is 4.31 Å². The van der Waals surface area contributed by atoms with Gasteiger partial charge in [0.2, 0.25) is 10.0 Å². The third-order valence-electron chi connectivity index (χ3n) is 3.14. The average Bonchev–Trinajstić information content (AvgIpc) is 2.38. The highest BCUT2D eigenvalue weighted by Crippen LogP contribution is 2.26. The van der Waals surface area contributed by atoms with Gasteiger partial charge in [0.05, 0.1) is 4.90 Å². The van der Waals surface area contributed by atoms with Crippen molar-refractivity contribution in [2.45, 2.75) is 30.2 Å². The zero-order valence-electron chi connectivity index (χ0n) is 10.1. The third-order valence-corrected chi connectivity index (χ3v) is 5.28. The maximum atomic E-state index is 12.5. The van der Waals surface area contributed by atoms with Gasteiger partial charge in [0.15, 0.2) is 0 Å². The smallest absolute Gasteiger partial charge is 0.322 e. The van der Waals surface area contributed by atoms with Crippen LogP contribution < -0.4 is 0 Å². The van der Waals surface area contributed by atoms with Crippen molar-refractivity contribution in [1.29, 1.82) is 0 Å². The van der Waals surface area contributed by atoms with E-state index >= 15 is 0 Å². The van der Waals surface area contributed by atoms with Crippen molar-refractivity contribution in [3.05, 3.63) is 29.3 Å². The Kier molecular flexibility index (Phi) is 4.13. The molecule has 0 radical (unpaired) electrons. The van der Waals surface area contributed by atoms with Gasteiger partial charge in [-0.05, 0) is 37.5 Å². The predicted octanol–water partition coefficient (Wildman–Crippen LogP) is 1.97. The van der Waals surface area contributed by atoms with Crippen LogP contribution in [0.3, 0.4) is 0 Å². The van der Waals surface area contributed by atoms with Crippen LogP contribution in [0, 0.1) is 0 Å². The van der Waals surface area contributed by atoms with Crippen LogP contribution in [0.25, 0.3) is 0 Å². The van der Waals surface area contributed by atoms with E-state index in [0.29, 0.717) is 17.9 Å². The van der Waals surface area contributed by atoms with E-state index in [2.05, 4.69) is 0 Å². The van der Waals surface area contributed by atoms with E-state index in [4.69, 9.17) is 16.7 Å². The summed E-state index contributed by atoms with van der Waals surface area (Å²) in [5.74, 6) is -1.11. The molecule has 0 aromatic heterocycles. The highest BCUT2D eigenvalue weighted by molar-refractivity contribution is 7.89. The van der Waals surface area contributed by atoms with E-state index in [9.17, 15) is 13.2 Å². The van der Waals surface area contributed by atoms with Crippen molar-refractivity contribution in [3.63, 3.8) is 0 Å². The molecule has 0 amide bonds. The molecule has 0 spiro atoms. The van der Waals surface area contributed by atoms with Crippen molar-refractivity contribution in [2.75, 3.05) is 6.54 Å². The van der Waals surface area contributed by atoms with Crippen LogP contribution in [0.5, 0.6) is 0 Å². The van der Waals surface area contributed by atoms with Gasteiger partial charge < -0.3 is 5.11 Å². The summed E-state index contributed by atoms with van der Waals surface area (Å²) in [6.45, 7) is 0.228. The van der Waals surface area contributed by atoms with Crippen LogP contribution >= 0.6 is 11.6 Å². The van der Waals surface area contributed by atoms with Crippen LogP contribution in [-0.4, -0.2) is 36.4 Å². The molecule has 1 heterocycles. The minimum absolute atomic E-state index is 0.0353. The van der Waals surface area contributed by atoms with E-state index in [1.807, 2.05) is 0 Å². The van der Waals surface area contributed by atoms with Gasteiger partial charge in [0, 0.05) is 11.6 Å². The zero-order chi connectivity index (χ0) is 14.0. The van der Waals surface area contributed by atoms with Gasteiger partial charge in [-0.3, -0.25) is 4.79 Å². The molecule has 1 aliphatic rings. The fourth-order valence-corrected chi connectivity index (χ4v) is 4.15. The molecule has 1 aromatic rings. The topological polar surface area (TPSA) is 74.7 Å². The first-order valence-electron chi connectivity index (χ1n) is 5.93. The Morgan fingerprint density at radius 2 is 2.11 bits per heavy atom. The van der Waals surface area contributed by atoms with Crippen molar-refractivity contribution < 1.29 is 18.3 Å². The van der Waals surface area contributed by atoms with Crippen molar-refractivity contribution in [2.24, 2.45) is 0 Å². The second kappa shape index (κ2) is 5.48. The van der Waals surface area contributed by atoms with Crippen LogP contribution in [-0.2, 0) is 14.8 Å². The molecule has 0 aliphatic carbocycles. The van der Waals surface area contributed by atoms with E-state index in [0.717, 1.165) is 10.7 Å². The molecule has 2 rings (SSSR count). The number of carboxylic acid groups (broad SMARTS) is 1. The summed E-state index contributed by atoms with van der Waals surface area (Å²) in [7, 11) is -3.81. The molecule has 0 saturated carbocycles. The second-order valence-electron chi connectivity index (χ2n) is 4.42. The van der Waals surface area contributed by atoms with Gasteiger partial charge in [0.25, 0.3) is 0 Å². The minimum atomic E-state index is -3.81. The fraction of sp³-hybridized carbons (Fsp3) is 0.417. The number of sulfonamides is 1. The number of carboxylic acids is 1. The number of hydrogen-bond acceptors (Lipinski definition) is 3. The molecule has 1 saturated heterocycles. The van der Waals surface area contributed by atoms with Crippen molar-refractivity contribution in [1.82, 2.24) is 4.31 Å². The summed E-state index contributed by atoms with van der Waals surface area (Å²) in [5.41, 5.74) is 0. The summed E-state index contributed by atoms with van der Waals surface area (Å²) < 4.78 is 26.0. The number of nitrogens with zero attached hydrogens (tertiary/aromatic N) is 1. The molecule has 19 heavy (non-hydrogen) atoms. The normalized spacial score (nSPS) is 21.2. The Bertz CT molecular complexity index is 587. The Balaban J connectivity index is 2.40. The predicted molar refractivity (Wildman–Crippen MR) is 70.6 cm³/mol. The molecule has 0 bridgehead atoms. The quantitative estimate of drug-likeness (QED) is 0.926. The van der Waals surface area contributed by atoms with Gasteiger partial charge in [-0.1, -0.05) is 17.7 Å². The van der Waals surface area contributed by atoms with Crippen molar-refractivity contribution in [3.8, 4) is 0 Å². The van der Waals surface area contributed by atoms with E-state index < -0.39 is 22.0 Å². The van der Waals surface area contributed by atoms with Crippen LogP contribution in [0.2, 0.25) is 5.02 Å². The standard InChI is InChI=1S/C12H14ClNO4S/c13-9-4-3-5-10(8-9)19(17,18)14-7-2-1-6-11(14)12(15)16/h3-5,8,11H,1-2,6-7H2,(H,15,16). The largest absolute Gasteiger partial charge is 0.480 e. The molecule has 1 unspecified atom stereocenters. The summed E-state index contributed by atoms with van der Waals surface area (Å²) in [6, 6.07) is 4.89. The van der Waals surface area contributed by atoms with E-state index in [1.165, 1.54) is 18.2 Å². The molecule has 1 aromatic carbocycles. The van der Waals surface area contributed by atoms with E-state index in [-0.39, 0.29) is 11.4 Å². The van der Waals surface area contributed by atoms with Crippen LogP contribution in [0.15, 0.2) is 29.2 Å². The number of rotatable bonds is 3. The number of piperidine rings is 1. The van der Waals surface area contributed by atoms with E-state index in [1.54, 1.807) is 6.07 Å². The number of carbonyl (C=O) groups is 1. The summed E-state index contributed by atoms with van der Waals surface area (Å²) in [4.78, 5) is 11.2. The molecule has 1 N–H and O–H groups in total. The molecule has 1 fully saturated rings. The number of aliphatic carboxylic acids is 1. The molecule has 5 nitrogen and oxygen atoms in total. The van der Waals surface area contributed by atoms with Gasteiger partial charge in [-0.25, -0.2) is 8.42 Å². The average molecular weight is 304 g/mol. The van der Waals surface area contributed by atoms with Gasteiger partial charge in [0.1, 0.15) is 6.04 Å². The Hall–Kier alpha value is -1.11. The monoisotopic (exact) mass is 303 g/mol. The third kappa shape index (κ3) is 2.91. The number of benzene rings is 1. The molecular formula is C12H14ClNO4S. The first-order chi connectivity index (χ1) is 8.93. The molecular weight excluding hydrogens is 290 g/mol.